The molecule has 25 heavy (non-hydrogen) atoms. The number of aryl methyl sites for hydroxylation is 1. The third kappa shape index (κ3) is 4.93. The first-order valence-electron chi connectivity index (χ1n) is 9.13. The lowest BCUT2D eigenvalue weighted by atomic mass is 10.1. The Morgan fingerprint density at radius 1 is 1.32 bits per heavy atom. The number of nitrogens with one attached hydrogen (secondary N) is 1. The summed E-state index contributed by atoms with van der Waals surface area (Å²) in [5, 5.41) is 2.96. The normalized spacial score (nSPS) is 25.9. The summed E-state index contributed by atoms with van der Waals surface area (Å²) in [4.78, 5) is 12.3. The fourth-order valence-corrected chi connectivity index (χ4v) is 3.27. The molecule has 0 saturated carbocycles. The van der Waals surface area contributed by atoms with Gasteiger partial charge in [-0.3, -0.25) is 4.79 Å². The molecule has 2 fully saturated rings. The van der Waals surface area contributed by atoms with Crippen molar-refractivity contribution >= 4 is 5.91 Å². The molecule has 6 heteroatoms. The van der Waals surface area contributed by atoms with Crippen LogP contribution in [0.2, 0.25) is 0 Å². The molecule has 1 amide bonds. The third-order valence-corrected chi connectivity index (χ3v) is 4.79. The maximum atomic E-state index is 12.3. The van der Waals surface area contributed by atoms with Gasteiger partial charge < -0.3 is 25.3 Å². The second-order valence-electron chi connectivity index (χ2n) is 6.83. The zero-order valence-corrected chi connectivity index (χ0v) is 14.8. The SMILES string of the molecule is Cc1ccc(CNC(=O)[C@@H]2CC[C@H](CN)O2)c(OCC2CCCO2)c1. The van der Waals surface area contributed by atoms with Crippen molar-refractivity contribution in [2.45, 2.75) is 57.5 Å². The summed E-state index contributed by atoms with van der Waals surface area (Å²) in [6.07, 6.45) is 3.48. The van der Waals surface area contributed by atoms with E-state index in [2.05, 4.69) is 5.32 Å². The number of hydrogen-bond acceptors (Lipinski definition) is 5. The molecule has 2 aliphatic rings. The summed E-state index contributed by atoms with van der Waals surface area (Å²) in [6.45, 7) is 4.28. The molecule has 0 radical (unpaired) electrons. The van der Waals surface area contributed by atoms with Crippen molar-refractivity contribution in [1.29, 1.82) is 0 Å². The molecular weight excluding hydrogens is 320 g/mol. The van der Waals surface area contributed by atoms with Crippen molar-refractivity contribution < 1.29 is 19.0 Å². The van der Waals surface area contributed by atoms with Crippen LogP contribution in [0.1, 0.15) is 36.8 Å². The molecule has 138 valence electrons. The number of amides is 1. The van der Waals surface area contributed by atoms with Crippen LogP contribution in [0.4, 0.5) is 0 Å². The van der Waals surface area contributed by atoms with Gasteiger partial charge >= 0.3 is 0 Å². The van der Waals surface area contributed by atoms with Crippen LogP contribution in [0.15, 0.2) is 18.2 Å². The molecule has 0 spiro atoms. The Bertz CT molecular complexity index is 587. The third-order valence-electron chi connectivity index (χ3n) is 4.79. The van der Waals surface area contributed by atoms with E-state index >= 15 is 0 Å². The highest BCUT2D eigenvalue weighted by Crippen LogP contribution is 2.23. The highest BCUT2D eigenvalue weighted by Gasteiger charge is 2.29. The van der Waals surface area contributed by atoms with E-state index in [4.69, 9.17) is 19.9 Å². The van der Waals surface area contributed by atoms with Crippen LogP contribution in [0, 0.1) is 6.92 Å². The van der Waals surface area contributed by atoms with E-state index < -0.39 is 6.10 Å². The van der Waals surface area contributed by atoms with Gasteiger partial charge in [0.2, 0.25) is 5.91 Å². The number of nitrogens with two attached hydrogens (primary N) is 1. The largest absolute Gasteiger partial charge is 0.491 e. The summed E-state index contributed by atoms with van der Waals surface area (Å²) in [7, 11) is 0. The Balaban J connectivity index is 1.55. The molecule has 3 rings (SSSR count). The Labute approximate surface area is 149 Å². The van der Waals surface area contributed by atoms with Crippen LogP contribution < -0.4 is 15.8 Å². The maximum absolute atomic E-state index is 12.3. The van der Waals surface area contributed by atoms with Crippen molar-refractivity contribution in [1.82, 2.24) is 5.32 Å². The van der Waals surface area contributed by atoms with Crippen molar-refractivity contribution in [2.75, 3.05) is 19.8 Å². The summed E-state index contributed by atoms with van der Waals surface area (Å²) >= 11 is 0. The van der Waals surface area contributed by atoms with E-state index in [0.29, 0.717) is 19.7 Å². The van der Waals surface area contributed by atoms with Crippen LogP contribution in [0.3, 0.4) is 0 Å². The second kappa shape index (κ2) is 8.65. The fraction of sp³-hybridized carbons (Fsp3) is 0.632. The lowest BCUT2D eigenvalue weighted by Gasteiger charge is -2.17. The van der Waals surface area contributed by atoms with Crippen LogP contribution >= 0.6 is 0 Å². The van der Waals surface area contributed by atoms with Gasteiger partial charge in [0.1, 0.15) is 18.5 Å². The van der Waals surface area contributed by atoms with Gasteiger partial charge in [-0.1, -0.05) is 12.1 Å². The minimum atomic E-state index is -0.393. The topological polar surface area (TPSA) is 82.8 Å². The Hall–Kier alpha value is -1.63. The highest BCUT2D eigenvalue weighted by molar-refractivity contribution is 5.81. The van der Waals surface area contributed by atoms with E-state index in [1.54, 1.807) is 0 Å². The van der Waals surface area contributed by atoms with Gasteiger partial charge in [0.15, 0.2) is 0 Å². The molecule has 2 aliphatic heterocycles. The highest BCUT2D eigenvalue weighted by atomic mass is 16.5. The summed E-state index contributed by atoms with van der Waals surface area (Å²) in [5.74, 6) is 0.726. The second-order valence-corrected chi connectivity index (χ2v) is 6.83. The Morgan fingerprint density at radius 3 is 2.92 bits per heavy atom. The number of benzene rings is 1. The van der Waals surface area contributed by atoms with Gasteiger partial charge in [0.25, 0.3) is 0 Å². The quantitative estimate of drug-likeness (QED) is 0.783. The lowest BCUT2D eigenvalue weighted by Crippen LogP contribution is -2.35. The van der Waals surface area contributed by atoms with Gasteiger partial charge in [-0.25, -0.2) is 0 Å². The first-order valence-corrected chi connectivity index (χ1v) is 9.13. The maximum Gasteiger partial charge on any atom is 0.249 e. The van der Waals surface area contributed by atoms with Crippen molar-refractivity contribution in [3.63, 3.8) is 0 Å². The predicted molar refractivity (Wildman–Crippen MR) is 94.4 cm³/mol. The standard InChI is InChI=1S/C19H28N2O4/c1-13-4-5-14(18(9-13)24-12-16-3-2-8-23-16)11-21-19(22)17-7-6-15(10-20)25-17/h4-5,9,15-17H,2-3,6-8,10-12,20H2,1H3,(H,21,22)/t15-,16?,17+/m1/s1. The molecule has 2 heterocycles. The minimum absolute atomic E-state index is 0.000399. The summed E-state index contributed by atoms with van der Waals surface area (Å²) < 4.78 is 17.2. The van der Waals surface area contributed by atoms with E-state index in [1.165, 1.54) is 0 Å². The number of rotatable bonds is 7. The van der Waals surface area contributed by atoms with E-state index in [0.717, 1.165) is 49.2 Å². The average Bonchev–Trinajstić information content (AvgIpc) is 3.30. The Morgan fingerprint density at radius 2 is 2.20 bits per heavy atom. The van der Waals surface area contributed by atoms with Gasteiger partial charge in [-0.2, -0.15) is 0 Å². The number of carbonyl (C=O) groups is 1. The molecule has 2 saturated heterocycles. The lowest BCUT2D eigenvalue weighted by molar-refractivity contribution is -0.132. The predicted octanol–water partition coefficient (Wildman–Crippen LogP) is 1.68. The Kier molecular flexibility index (Phi) is 6.29. The van der Waals surface area contributed by atoms with Crippen molar-refractivity contribution in [3.05, 3.63) is 29.3 Å². The van der Waals surface area contributed by atoms with E-state index in [9.17, 15) is 4.79 Å². The molecule has 1 unspecified atom stereocenters. The fourth-order valence-electron chi connectivity index (χ4n) is 3.27. The summed E-state index contributed by atoms with van der Waals surface area (Å²) in [6, 6.07) is 6.03. The van der Waals surface area contributed by atoms with Gasteiger partial charge in [0.05, 0.1) is 12.2 Å². The first-order chi connectivity index (χ1) is 12.2. The molecule has 3 N–H and O–H groups in total. The summed E-state index contributed by atoms with van der Waals surface area (Å²) in [5.41, 5.74) is 7.69. The number of hydrogen-bond donors (Lipinski definition) is 2. The van der Waals surface area contributed by atoms with Gasteiger partial charge in [-0.05, 0) is 44.2 Å². The van der Waals surface area contributed by atoms with Gasteiger partial charge in [-0.15, -0.1) is 0 Å². The van der Waals surface area contributed by atoms with Crippen LogP contribution in [0.5, 0.6) is 5.75 Å². The molecule has 1 aromatic rings. The van der Waals surface area contributed by atoms with E-state index in [1.807, 2.05) is 25.1 Å². The van der Waals surface area contributed by atoms with Crippen molar-refractivity contribution in [3.8, 4) is 5.75 Å². The molecule has 6 nitrogen and oxygen atoms in total. The molecule has 0 aliphatic carbocycles. The molecular formula is C19H28N2O4. The van der Waals surface area contributed by atoms with Crippen LogP contribution in [0.25, 0.3) is 0 Å². The zero-order valence-electron chi connectivity index (χ0n) is 14.8. The zero-order chi connectivity index (χ0) is 17.6. The smallest absolute Gasteiger partial charge is 0.249 e. The van der Waals surface area contributed by atoms with Crippen molar-refractivity contribution in [2.24, 2.45) is 5.73 Å². The van der Waals surface area contributed by atoms with Gasteiger partial charge in [0, 0.05) is 25.3 Å². The van der Waals surface area contributed by atoms with Crippen LogP contribution in [-0.2, 0) is 20.8 Å². The monoisotopic (exact) mass is 348 g/mol. The molecule has 0 bridgehead atoms. The number of carbonyl (C=O) groups excluding carboxylic acids is 1. The average molecular weight is 348 g/mol. The molecule has 1 aromatic carbocycles. The first kappa shape index (κ1) is 18.2. The molecule has 3 atom stereocenters. The number of ether oxygens (including phenoxy) is 3. The minimum Gasteiger partial charge on any atom is -0.491 e. The van der Waals surface area contributed by atoms with E-state index in [-0.39, 0.29) is 18.1 Å². The van der Waals surface area contributed by atoms with Crippen LogP contribution in [-0.4, -0.2) is 44.0 Å². The molecule has 0 aromatic heterocycles.